The molecule has 1 amide bonds. The second-order valence-electron chi connectivity index (χ2n) is 4.60. The van der Waals surface area contributed by atoms with Crippen LogP contribution in [0, 0.1) is 0 Å². The highest BCUT2D eigenvalue weighted by Gasteiger charge is 2.08. The maximum atomic E-state index is 12.1. The number of fused-ring (bicyclic) bond motifs is 1. The number of benzene rings is 1. The molecular formula is C14H15N5O2S. The van der Waals surface area contributed by atoms with Gasteiger partial charge < -0.3 is 9.30 Å². The molecule has 0 N–H and O–H groups in total. The van der Waals surface area contributed by atoms with E-state index >= 15 is 0 Å². The molecule has 22 heavy (non-hydrogen) atoms. The van der Waals surface area contributed by atoms with Crippen molar-refractivity contribution >= 4 is 27.5 Å². The van der Waals surface area contributed by atoms with Gasteiger partial charge in [-0.3, -0.25) is 4.79 Å². The summed E-state index contributed by atoms with van der Waals surface area (Å²) in [6.07, 6.45) is 2.89. The predicted molar refractivity (Wildman–Crippen MR) is 82.3 cm³/mol. The Bertz CT molecular complexity index is 834. The van der Waals surface area contributed by atoms with Gasteiger partial charge in [0.1, 0.15) is 19.2 Å². The first-order valence-corrected chi connectivity index (χ1v) is 7.57. The van der Waals surface area contributed by atoms with Crippen molar-refractivity contribution in [3.8, 4) is 0 Å². The van der Waals surface area contributed by atoms with Crippen LogP contribution in [0.4, 0.5) is 0 Å². The van der Waals surface area contributed by atoms with Crippen molar-refractivity contribution < 1.29 is 9.53 Å². The monoisotopic (exact) mass is 317 g/mol. The summed E-state index contributed by atoms with van der Waals surface area (Å²) >= 11 is 1.49. The van der Waals surface area contributed by atoms with Crippen molar-refractivity contribution in [1.29, 1.82) is 0 Å². The molecule has 0 spiro atoms. The zero-order valence-electron chi connectivity index (χ0n) is 12.0. The van der Waals surface area contributed by atoms with Crippen molar-refractivity contribution in [3.05, 3.63) is 41.7 Å². The van der Waals surface area contributed by atoms with Crippen LogP contribution in [0.3, 0.4) is 0 Å². The van der Waals surface area contributed by atoms with E-state index in [1.807, 2.05) is 28.8 Å². The molecule has 0 aliphatic rings. The zero-order chi connectivity index (χ0) is 15.4. The molecule has 0 fully saturated rings. The van der Waals surface area contributed by atoms with Gasteiger partial charge in [0.2, 0.25) is 0 Å². The van der Waals surface area contributed by atoms with Gasteiger partial charge in [0.25, 0.3) is 5.91 Å². The summed E-state index contributed by atoms with van der Waals surface area (Å²) in [7, 11) is 1.65. The van der Waals surface area contributed by atoms with E-state index in [0.717, 1.165) is 10.2 Å². The Kier molecular flexibility index (Phi) is 4.40. The fourth-order valence-corrected chi connectivity index (χ4v) is 3.17. The Balaban J connectivity index is 1.97. The lowest BCUT2D eigenvalue weighted by atomic mass is 10.3. The quantitative estimate of drug-likeness (QED) is 0.705. The van der Waals surface area contributed by atoms with E-state index in [1.54, 1.807) is 7.11 Å². The maximum Gasteiger partial charge on any atom is 0.270 e. The molecule has 0 aliphatic heterocycles. The Morgan fingerprint density at radius 3 is 3.05 bits per heavy atom. The van der Waals surface area contributed by atoms with Crippen molar-refractivity contribution in [3.63, 3.8) is 0 Å². The van der Waals surface area contributed by atoms with E-state index in [9.17, 15) is 4.79 Å². The zero-order valence-corrected chi connectivity index (χ0v) is 12.9. The molecule has 2 aromatic heterocycles. The molecule has 7 nitrogen and oxygen atoms in total. The topological polar surface area (TPSA) is 74.3 Å². The molecule has 8 heteroatoms. The van der Waals surface area contributed by atoms with Crippen LogP contribution in [0.1, 0.15) is 0 Å². The number of aromatic nitrogens is 4. The van der Waals surface area contributed by atoms with Gasteiger partial charge in [-0.2, -0.15) is 10.1 Å². The van der Waals surface area contributed by atoms with Crippen molar-refractivity contribution in [1.82, 2.24) is 19.3 Å². The van der Waals surface area contributed by atoms with E-state index in [1.165, 1.54) is 28.7 Å². The third-order valence-corrected chi connectivity index (χ3v) is 4.15. The molecule has 0 saturated heterocycles. The molecule has 0 aliphatic carbocycles. The van der Waals surface area contributed by atoms with Crippen LogP contribution in [0.25, 0.3) is 10.2 Å². The molecule has 2 heterocycles. The standard InChI is InChI=1S/C14H15N5O2S/c1-21-7-6-19-11-4-2-3-5-12(11)22-14(19)17-13(20)8-18-10-15-9-16-18/h2-5,9-10H,6-8H2,1H3. The predicted octanol–water partition coefficient (Wildman–Crippen LogP) is 1.07. The number of ether oxygens (including phenoxy) is 1. The van der Waals surface area contributed by atoms with Gasteiger partial charge in [-0.15, -0.1) is 0 Å². The minimum absolute atomic E-state index is 0.0819. The number of amides is 1. The van der Waals surface area contributed by atoms with Gasteiger partial charge in [-0.1, -0.05) is 23.5 Å². The van der Waals surface area contributed by atoms with Crippen LogP contribution in [-0.2, 0) is 22.6 Å². The highest BCUT2D eigenvalue weighted by molar-refractivity contribution is 7.16. The Morgan fingerprint density at radius 1 is 1.41 bits per heavy atom. The summed E-state index contributed by atoms with van der Waals surface area (Å²) in [4.78, 5) is 20.8. The second kappa shape index (κ2) is 6.63. The van der Waals surface area contributed by atoms with Crippen LogP contribution < -0.4 is 4.80 Å². The number of hydrogen-bond donors (Lipinski definition) is 0. The minimum atomic E-state index is -0.261. The smallest absolute Gasteiger partial charge is 0.270 e. The molecular weight excluding hydrogens is 302 g/mol. The number of hydrogen-bond acceptors (Lipinski definition) is 5. The van der Waals surface area contributed by atoms with Gasteiger partial charge >= 0.3 is 0 Å². The molecule has 0 saturated carbocycles. The number of para-hydroxylation sites is 1. The summed E-state index contributed by atoms with van der Waals surface area (Å²) in [5.74, 6) is -0.261. The summed E-state index contributed by atoms with van der Waals surface area (Å²) in [5, 5.41) is 3.91. The first kappa shape index (κ1) is 14.6. The Labute approximate surface area is 130 Å². The molecule has 0 radical (unpaired) electrons. The molecule has 0 unspecified atom stereocenters. The fourth-order valence-electron chi connectivity index (χ4n) is 2.10. The van der Waals surface area contributed by atoms with Crippen molar-refractivity contribution in [2.24, 2.45) is 4.99 Å². The summed E-state index contributed by atoms with van der Waals surface area (Å²) in [6, 6.07) is 7.98. The highest BCUT2D eigenvalue weighted by atomic mass is 32.1. The number of nitrogens with zero attached hydrogens (tertiary/aromatic N) is 5. The lowest BCUT2D eigenvalue weighted by Crippen LogP contribution is -2.20. The lowest BCUT2D eigenvalue weighted by molar-refractivity contribution is -0.118. The first-order chi connectivity index (χ1) is 10.8. The third-order valence-electron chi connectivity index (χ3n) is 3.09. The normalized spacial score (nSPS) is 12.1. The van der Waals surface area contributed by atoms with E-state index in [0.29, 0.717) is 18.0 Å². The average Bonchev–Trinajstić information content (AvgIpc) is 3.12. The Morgan fingerprint density at radius 2 is 2.27 bits per heavy atom. The van der Waals surface area contributed by atoms with E-state index in [2.05, 4.69) is 15.1 Å². The van der Waals surface area contributed by atoms with Crippen LogP contribution >= 0.6 is 11.3 Å². The van der Waals surface area contributed by atoms with E-state index in [-0.39, 0.29) is 12.5 Å². The summed E-state index contributed by atoms with van der Waals surface area (Å²) in [5.41, 5.74) is 1.05. The van der Waals surface area contributed by atoms with Crippen LogP contribution in [0.5, 0.6) is 0 Å². The third kappa shape index (κ3) is 3.12. The van der Waals surface area contributed by atoms with Crippen molar-refractivity contribution in [2.45, 2.75) is 13.1 Å². The molecule has 3 rings (SSSR count). The fraction of sp³-hybridized carbons (Fsp3) is 0.286. The van der Waals surface area contributed by atoms with Gasteiger partial charge in [0, 0.05) is 13.7 Å². The SMILES string of the molecule is COCCn1c(=NC(=O)Cn2cncn2)sc2ccccc21. The maximum absolute atomic E-state index is 12.1. The lowest BCUT2D eigenvalue weighted by Gasteiger charge is -2.03. The van der Waals surface area contributed by atoms with Crippen LogP contribution in [-0.4, -0.2) is 39.0 Å². The minimum Gasteiger partial charge on any atom is -0.383 e. The summed E-state index contributed by atoms with van der Waals surface area (Å²) in [6.45, 7) is 1.29. The molecule has 0 atom stereocenters. The number of carbonyl (C=O) groups is 1. The molecule has 114 valence electrons. The molecule has 0 bridgehead atoms. The number of carbonyl (C=O) groups excluding carboxylic acids is 1. The molecule has 1 aromatic carbocycles. The van der Waals surface area contributed by atoms with Crippen molar-refractivity contribution in [2.75, 3.05) is 13.7 Å². The van der Waals surface area contributed by atoms with Gasteiger partial charge in [0.15, 0.2) is 4.80 Å². The second-order valence-corrected chi connectivity index (χ2v) is 5.60. The number of thiazole rings is 1. The van der Waals surface area contributed by atoms with Gasteiger partial charge in [-0.25, -0.2) is 9.67 Å². The van der Waals surface area contributed by atoms with Gasteiger partial charge in [-0.05, 0) is 12.1 Å². The van der Waals surface area contributed by atoms with Crippen LogP contribution in [0.15, 0.2) is 41.9 Å². The Hall–Kier alpha value is -2.32. The first-order valence-electron chi connectivity index (χ1n) is 6.75. The van der Waals surface area contributed by atoms with E-state index < -0.39 is 0 Å². The van der Waals surface area contributed by atoms with Crippen LogP contribution in [0.2, 0.25) is 0 Å². The molecule has 3 aromatic rings. The number of rotatable bonds is 5. The highest BCUT2D eigenvalue weighted by Crippen LogP contribution is 2.16. The van der Waals surface area contributed by atoms with Gasteiger partial charge in [0.05, 0.1) is 16.8 Å². The van der Waals surface area contributed by atoms with E-state index in [4.69, 9.17) is 4.74 Å². The average molecular weight is 317 g/mol. The largest absolute Gasteiger partial charge is 0.383 e. The number of methoxy groups -OCH3 is 1. The summed E-state index contributed by atoms with van der Waals surface area (Å²) < 4.78 is 9.69.